The van der Waals surface area contributed by atoms with Crippen LogP contribution in [0, 0.1) is 17.8 Å². The number of hydrazine groups is 2. The van der Waals surface area contributed by atoms with E-state index in [0.29, 0.717) is 18.0 Å². The second kappa shape index (κ2) is 7.10. The molecule has 0 amide bonds. The minimum absolute atomic E-state index is 0.0193. The molecule has 0 spiro atoms. The van der Waals surface area contributed by atoms with E-state index in [-0.39, 0.29) is 23.5 Å². The molecule has 152 valence electrons. The van der Waals surface area contributed by atoms with Crippen molar-refractivity contribution >= 4 is 23.4 Å². The van der Waals surface area contributed by atoms with Crippen molar-refractivity contribution in [3.63, 3.8) is 0 Å². The quantitative estimate of drug-likeness (QED) is 0.553. The van der Waals surface area contributed by atoms with E-state index in [1.54, 1.807) is 23.9 Å². The van der Waals surface area contributed by atoms with E-state index < -0.39 is 12.1 Å². The molecule has 0 aromatic heterocycles. The maximum absolute atomic E-state index is 13.1. The molecule has 0 saturated carbocycles. The van der Waals surface area contributed by atoms with E-state index in [4.69, 9.17) is 4.99 Å². The third-order valence-electron chi connectivity index (χ3n) is 5.50. The van der Waals surface area contributed by atoms with Gasteiger partial charge in [0.05, 0.1) is 11.8 Å². The van der Waals surface area contributed by atoms with Crippen molar-refractivity contribution in [2.45, 2.75) is 24.3 Å². The second-order valence-electron chi connectivity index (χ2n) is 7.37. The van der Waals surface area contributed by atoms with Crippen LogP contribution in [0.15, 0.2) is 68.9 Å². The number of halogens is 3. The molecule has 4 atom stereocenters. The van der Waals surface area contributed by atoms with Gasteiger partial charge in [-0.2, -0.15) is 13.2 Å². The van der Waals surface area contributed by atoms with Gasteiger partial charge in [0.25, 0.3) is 0 Å². The normalized spacial score (nSPS) is 32.7. The number of allylic oxidation sites excluding steroid dienone is 5. The van der Waals surface area contributed by atoms with Gasteiger partial charge in [0.15, 0.2) is 0 Å². The van der Waals surface area contributed by atoms with E-state index in [9.17, 15) is 13.2 Å². The Balaban J connectivity index is 1.41. The number of alkyl halides is 3. The zero-order valence-corrected chi connectivity index (χ0v) is 16.0. The van der Waals surface area contributed by atoms with Gasteiger partial charge in [0, 0.05) is 29.0 Å². The highest BCUT2D eigenvalue weighted by Crippen LogP contribution is 2.44. The van der Waals surface area contributed by atoms with Crippen LogP contribution >= 0.6 is 11.8 Å². The van der Waals surface area contributed by atoms with Gasteiger partial charge in [-0.25, -0.2) is 10.5 Å². The summed E-state index contributed by atoms with van der Waals surface area (Å²) in [4.78, 5) is 4.84. The van der Waals surface area contributed by atoms with Gasteiger partial charge >= 0.3 is 6.18 Å². The van der Waals surface area contributed by atoms with E-state index in [1.165, 1.54) is 11.6 Å². The average Bonchev–Trinajstić information content (AvgIpc) is 3.39. The molecule has 0 aromatic rings. The molecular formula is C19H19F3N6S. The Labute approximate surface area is 169 Å². The van der Waals surface area contributed by atoms with Crippen molar-refractivity contribution in [1.82, 2.24) is 21.8 Å². The molecule has 0 aromatic carbocycles. The zero-order valence-electron chi connectivity index (χ0n) is 15.2. The summed E-state index contributed by atoms with van der Waals surface area (Å²) in [6, 6.07) is 0. The lowest BCUT2D eigenvalue weighted by Crippen LogP contribution is -2.40. The molecule has 3 heterocycles. The van der Waals surface area contributed by atoms with Crippen molar-refractivity contribution in [3.05, 3.63) is 58.8 Å². The first-order chi connectivity index (χ1) is 14.0. The lowest BCUT2D eigenvalue weighted by atomic mass is 9.85. The molecule has 5 rings (SSSR count). The highest BCUT2D eigenvalue weighted by Gasteiger charge is 2.40. The summed E-state index contributed by atoms with van der Waals surface area (Å²) in [5.41, 5.74) is 10.9. The highest BCUT2D eigenvalue weighted by atomic mass is 32.2. The molecule has 0 bridgehead atoms. The number of aliphatic imine (C=N–C) groups is 1. The van der Waals surface area contributed by atoms with Crippen LogP contribution in [0.4, 0.5) is 13.2 Å². The number of nitrogens with zero attached hydrogens (tertiary/aromatic N) is 2. The van der Waals surface area contributed by atoms with E-state index >= 15 is 0 Å². The Morgan fingerprint density at radius 2 is 2.10 bits per heavy atom. The highest BCUT2D eigenvalue weighted by molar-refractivity contribution is 8.03. The van der Waals surface area contributed by atoms with Gasteiger partial charge < -0.3 is 5.32 Å². The average molecular weight is 420 g/mol. The minimum Gasteiger partial charge on any atom is -0.343 e. The fourth-order valence-electron chi connectivity index (χ4n) is 4.03. The summed E-state index contributed by atoms with van der Waals surface area (Å²) in [5, 5.41) is 9.58. The number of thioether (sulfide) groups is 1. The fraction of sp³-hybridized carbons (Fsp3) is 0.368. The Morgan fingerprint density at radius 3 is 2.90 bits per heavy atom. The molecule has 4 unspecified atom stereocenters. The van der Waals surface area contributed by atoms with E-state index in [2.05, 4.69) is 45.1 Å². The first-order valence-corrected chi connectivity index (χ1v) is 10.3. The maximum Gasteiger partial charge on any atom is 0.395 e. The number of hydrogen-bond acceptors (Lipinski definition) is 7. The van der Waals surface area contributed by atoms with Gasteiger partial charge in [-0.1, -0.05) is 24.3 Å². The SMILES string of the molecule is FC(F)(F)C1C=C(NC2=NC3=C(C=CC(C4=NNNN4)C3)C3SC=CC23)C=CC1. The maximum atomic E-state index is 13.1. The summed E-state index contributed by atoms with van der Waals surface area (Å²) >= 11 is 1.72. The van der Waals surface area contributed by atoms with Crippen molar-refractivity contribution in [2.75, 3.05) is 0 Å². The number of hydrogen-bond donors (Lipinski definition) is 4. The predicted octanol–water partition coefficient (Wildman–Crippen LogP) is 3.01. The number of rotatable bonds is 2. The Morgan fingerprint density at radius 1 is 1.21 bits per heavy atom. The van der Waals surface area contributed by atoms with E-state index in [0.717, 1.165) is 11.5 Å². The third kappa shape index (κ3) is 3.51. The summed E-state index contributed by atoms with van der Waals surface area (Å²) in [7, 11) is 0. The Kier molecular flexibility index (Phi) is 4.54. The molecule has 0 fully saturated rings. The van der Waals surface area contributed by atoms with Gasteiger partial charge in [0.1, 0.15) is 11.7 Å². The molecule has 29 heavy (non-hydrogen) atoms. The largest absolute Gasteiger partial charge is 0.395 e. The molecule has 6 nitrogen and oxygen atoms in total. The van der Waals surface area contributed by atoms with Crippen LogP contribution < -0.4 is 21.8 Å². The number of amidine groups is 2. The molecule has 0 radical (unpaired) electrons. The third-order valence-corrected chi connectivity index (χ3v) is 6.66. The Bertz CT molecular complexity index is 927. The van der Waals surface area contributed by atoms with Crippen LogP contribution in [0.3, 0.4) is 0 Å². The predicted molar refractivity (Wildman–Crippen MR) is 107 cm³/mol. The standard InChI is InChI=1S/C19H19F3N6S/c20-19(21,22)11-2-1-3-12(9-11)23-18-14-6-7-29-16(14)13-5-4-10(8-15(13)24-18)17-25-27-28-26-17/h1,3-7,9-11,14,16,27-28H,2,8H2,(H,23,24)(H,25,26). The first kappa shape index (κ1) is 18.6. The fourth-order valence-corrected chi connectivity index (χ4v) is 5.20. The monoisotopic (exact) mass is 420 g/mol. The lowest BCUT2D eigenvalue weighted by molar-refractivity contribution is -0.160. The molecule has 4 N–H and O–H groups in total. The summed E-state index contributed by atoms with van der Waals surface area (Å²) < 4.78 is 39.4. The van der Waals surface area contributed by atoms with Gasteiger partial charge in [-0.05, 0) is 29.6 Å². The van der Waals surface area contributed by atoms with Crippen LogP contribution in [0.1, 0.15) is 12.8 Å². The van der Waals surface area contributed by atoms with Crippen molar-refractivity contribution in [2.24, 2.45) is 27.8 Å². The second-order valence-corrected chi connectivity index (χ2v) is 8.42. The number of fused-ring (bicyclic) bond motifs is 2. The zero-order chi connectivity index (χ0) is 20.0. The van der Waals surface area contributed by atoms with Crippen molar-refractivity contribution in [3.8, 4) is 0 Å². The van der Waals surface area contributed by atoms with Crippen LogP contribution in [-0.4, -0.2) is 23.1 Å². The molecule has 0 saturated heterocycles. The number of hydrazone groups is 1. The molecule has 2 aliphatic carbocycles. The van der Waals surface area contributed by atoms with Crippen molar-refractivity contribution in [1.29, 1.82) is 0 Å². The molecule has 5 aliphatic rings. The molecular weight excluding hydrogens is 401 g/mol. The summed E-state index contributed by atoms with van der Waals surface area (Å²) in [5.74, 6) is 0.0844. The Hall–Kier alpha value is -2.46. The lowest BCUT2D eigenvalue weighted by Gasteiger charge is -2.32. The van der Waals surface area contributed by atoms with Crippen molar-refractivity contribution < 1.29 is 13.2 Å². The van der Waals surface area contributed by atoms with Crippen LogP contribution in [-0.2, 0) is 0 Å². The van der Waals surface area contributed by atoms with Crippen LogP contribution in [0.5, 0.6) is 0 Å². The molecule has 10 heteroatoms. The van der Waals surface area contributed by atoms with Crippen LogP contribution in [0.25, 0.3) is 0 Å². The van der Waals surface area contributed by atoms with Gasteiger partial charge in [0.2, 0.25) is 0 Å². The summed E-state index contributed by atoms with van der Waals surface area (Å²) in [6.07, 6.45) is 7.21. The van der Waals surface area contributed by atoms with Crippen LogP contribution in [0.2, 0.25) is 0 Å². The minimum atomic E-state index is -4.24. The van der Waals surface area contributed by atoms with Gasteiger partial charge in [-0.15, -0.1) is 22.4 Å². The van der Waals surface area contributed by atoms with Gasteiger partial charge in [-0.3, -0.25) is 5.43 Å². The topological polar surface area (TPSA) is 72.8 Å². The first-order valence-electron chi connectivity index (χ1n) is 9.37. The number of nitrogens with one attached hydrogen (secondary N) is 4. The summed E-state index contributed by atoms with van der Waals surface area (Å²) in [6.45, 7) is 0. The van der Waals surface area contributed by atoms with E-state index in [1.807, 2.05) is 5.41 Å². The smallest absolute Gasteiger partial charge is 0.343 e. The molecule has 3 aliphatic heterocycles.